The summed E-state index contributed by atoms with van der Waals surface area (Å²) in [5, 5.41) is 8.15. The third kappa shape index (κ3) is 3.34. The Morgan fingerprint density at radius 1 is 1.26 bits per heavy atom. The van der Waals surface area contributed by atoms with Gasteiger partial charge in [-0.2, -0.15) is 0 Å². The van der Waals surface area contributed by atoms with Crippen LogP contribution in [0.15, 0.2) is 6.20 Å². The Morgan fingerprint density at radius 3 is 2.21 bits per heavy atom. The zero-order chi connectivity index (χ0) is 14.5. The average molecular weight is 267 g/mol. The monoisotopic (exact) mass is 267 g/mol. The van der Waals surface area contributed by atoms with Gasteiger partial charge in [0.05, 0.1) is 5.69 Å². The summed E-state index contributed by atoms with van der Waals surface area (Å²) in [4.78, 5) is 2.49. The normalized spacial score (nSPS) is 14.1. The number of hydrogen-bond donors (Lipinski definition) is 1. The van der Waals surface area contributed by atoms with E-state index in [1.54, 1.807) is 4.68 Å². The fraction of sp³-hybridized carbons (Fsp3) is 0.857. The van der Waals surface area contributed by atoms with Crippen LogP contribution < -0.4 is 5.73 Å². The summed E-state index contributed by atoms with van der Waals surface area (Å²) in [5.74, 6) is 0. The summed E-state index contributed by atoms with van der Waals surface area (Å²) >= 11 is 0. The lowest BCUT2D eigenvalue weighted by atomic mass is 9.81. The Hall–Kier alpha value is -0.940. The molecule has 0 fully saturated rings. The lowest BCUT2D eigenvalue weighted by molar-refractivity contribution is 0.0625. The molecule has 1 aromatic rings. The molecule has 1 atom stereocenters. The highest BCUT2D eigenvalue weighted by Crippen LogP contribution is 2.28. The Morgan fingerprint density at radius 2 is 1.84 bits per heavy atom. The predicted molar refractivity (Wildman–Crippen MR) is 78.9 cm³/mol. The molecule has 0 saturated carbocycles. The van der Waals surface area contributed by atoms with Gasteiger partial charge in [0.1, 0.15) is 0 Å². The Kier molecular flexibility index (Phi) is 5.94. The second-order valence-corrected chi connectivity index (χ2v) is 5.18. The summed E-state index contributed by atoms with van der Waals surface area (Å²) in [6, 6.07) is 0.0825. The second kappa shape index (κ2) is 7.01. The lowest BCUT2D eigenvalue weighted by Gasteiger charge is -2.46. The minimum absolute atomic E-state index is 0.0566. The van der Waals surface area contributed by atoms with Gasteiger partial charge in [-0.3, -0.25) is 9.58 Å². The maximum absolute atomic E-state index is 6.55. The van der Waals surface area contributed by atoms with E-state index >= 15 is 0 Å². The fourth-order valence-corrected chi connectivity index (χ4v) is 3.21. The van der Waals surface area contributed by atoms with Crippen LogP contribution >= 0.6 is 0 Å². The number of aromatic nitrogens is 3. The summed E-state index contributed by atoms with van der Waals surface area (Å²) in [6.45, 7) is 11.0. The third-order valence-electron chi connectivity index (χ3n) is 4.39. The first-order valence-corrected chi connectivity index (χ1v) is 7.39. The summed E-state index contributed by atoms with van der Waals surface area (Å²) in [5.41, 5.74) is 7.59. The van der Waals surface area contributed by atoms with Crippen LogP contribution in [-0.2, 0) is 13.5 Å². The molecule has 0 aliphatic carbocycles. The Bertz CT molecular complexity index is 366. The summed E-state index contributed by atoms with van der Waals surface area (Å²) < 4.78 is 1.74. The standard InChI is InChI=1S/C14H29N5/c1-6-14(7-2,19(8-3)9-4)13(15)10-12-11-18(5)17-16-12/h11,13H,6-10,15H2,1-5H3. The van der Waals surface area contributed by atoms with Crippen LogP contribution in [0.3, 0.4) is 0 Å². The van der Waals surface area contributed by atoms with Crippen molar-refractivity contribution in [2.75, 3.05) is 13.1 Å². The molecule has 0 bridgehead atoms. The van der Waals surface area contributed by atoms with Crippen molar-refractivity contribution < 1.29 is 0 Å². The van der Waals surface area contributed by atoms with Crippen molar-refractivity contribution in [1.29, 1.82) is 0 Å². The van der Waals surface area contributed by atoms with E-state index in [4.69, 9.17) is 5.73 Å². The van der Waals surface area contributed by atoms with Crippen LogP contribution in [0.4, 0.5) is 0 Å². The van der Waals surface area contributed by atoms with E-state index in [9.17, 15) is 0 Å². The molecule has 0 saturated heterocycles. The first kappa shape index (κ1) is 16.1. The van der Waals surface area contributed by atoms with Crippen LogP contribution in [0.5, 0.6) is 0 Å². The third-order valence-corrected chi connectivity index (χ3v) is 4.39. The smallest absolute Gasteiger partial charge is 0.0843 e. The molecule has 1 unspecified atom stereocenters. The molecule has 110 valence electrons. The molecule has 0 aliphatic heterocycles. The van der Waals surface area contributed by atoms with Crippen molar-refractivity contribution >= 4 is 0 Å². The maximum Gasteiger partial charge on any atom is 0.0843 e. The van der Waals surface area contributed by atoms with Gasteiger partial charge in [0.25, 0.3) is 0 Å². The number of rotatable bonds is 8. The largest absolute Gasteiger partial charge is 0.326 e. The van der Waals surface area contributed by atoms with Gasteiger partial charge in [-0.05, 0) is 25.9 Å². The highest BCUT2D eigenvalue weighted by atomic mass is 15.4. The molecule has 5 nitrogen and oxygen atoms in total. The number of nitrogens with two attached hydrogens (primary N) is 1. The zero-order valence-corrected chi connectivity index (χ0v) is 13.1. The topological polar surface area (TPSA) is 60.0 Å². The number of nitrogens with zero attached hydrogens (tertiary/aromatic N) is 4. The van der Waals surface area contributed by atoms with E-state index < -0.39 is 0 Å². The molecular weight excluding hydrogens is 238 g/mol. The van der Waals surface area contributed by atoms with Crippen LogP contribution in [0.25, 0.3) is 0 Å². The van der Waals surface area contributed by atoms with Crippen molar-refractivity contribution in [3.8, 4) is 0 Å². The predicted octanol–water partition coefficient (Wildman–Crippen LogP) is 1.59. The summed E-state index contributed by atoms with van der Waals surface area (Å²) in [7, 11) is 1.89. The molecule has 0 radical (unpaired) electrons. The van der Waals surface area contributed by atoms with Gasteiger partial charge >= 0.3 is 0 Å². The summed E-state index contributed by atoms with van der Waals surface area (Å²) in [6.07, 6.45) is 4.86. The van der Waals surface area contributed by atoms with Gasteiger partial charge in [-0.15, -0.1) is 5.10 Å². The van der Waals surface area contributed by atoms with Gasteiger partial charge in [-0.25, -0.2) is 0 Å². The van der Waals surface area contributed by atoms with Crippen LogP contribution in [0.2, 0.25) is 0 Å². The molecular formula is C14H29N5. The Labute approximate surface area is 117 Å². The number of aryl methyl sites for hydroxylation is 1. The molecule has 5 heteroatoms. The van der Waals surface area contributed by atoms with E-state index in [0.29, 0.717) is 0 Å². The van der Waals surface area contributed by atoms with E-state index in [-0.39, 0.29) is 11.6 Å². The average Bonchev–Trinajstić information content (AvgIpc) is 2.81. The van der Waals surface area contributed by atoms with Crippen LogP contribution in [-0.4, -0.2) is 44.6 Å². The van der Waals surface area contributed by atoms with E-state index in [0.717, 1.165) is 38.0 Å². The second-order valence-electron chi connectivity index (χ2n) is 5.18. The molecule has 0 aliphatic rings. The minimum atomic E-state index is 0.0566. The molecule has 1 rings (SSSR count). The highest BCUT2D eigenvalue weighted by Gasteiger charge is 2.38. The lowest BCUT2D eigenvalue weighted by Crippen LogP contribution is -2.60. The highest BCUT2D eigenvalue weighted by molar-refractivity contribution is 5.04. The van der Waals surface area contributed by atoms with Gasteiger partial charge < -0.3 is 5.73 Å². The SMILES string of the molecule is CCN(CC)C(CC)(CC)C(N)Cc1cn(C)nn1. The van der Waals surface area contributed by atoms with E-state index in [1.165, 1.54) is 0 Å². The molecule has 1 aromatic heterocycles. The first-order chi connectivity index (χ1) is 9.03. The number of hydrogen-bond acceptors (Lipinski definition) is 4. The van der Waals surface area contributed by atoms with Gasteiger partial charge in [0.15, 0.2) is 0 Å². The molecule has 0 amide bonds. The molecule has 0 spiro atoms. The molecule has 19 heavy (non-hydrogen) atoms. The van der Waals surface area contributed by atoms with E-state index in [2.05, 4.69) is 42.9 Å². The Balaban J connectivity index is 2.91. The van der Waals surface area contributed by atoms with Crippen molar-refractivity contribution in [1.82, 2.24) is 19.9 Å². The molecule has 2 N–H and O–H groups in total. The molecule has 1 heterocycles. The van der Waals surface area contributed by atoms with Gasteiger partial charge in [0.2, 0.25) is 0 Å². The minimum Gasteiger partial charge on any atom is -0.326 e. The van der Waals surface area contributed by atoms with Gasteiger partial charge in [0, 0.05) is 31.2 Å². The van der Waals surface area contributed by atoms with Gasteiger partial charge in [-0.1, -0.05) is 32.9 Å². The molecule has 0 aromatic carbocycles. The fourth-order valence-electron chi connectivity index (χ4n) is 3.21. The van der Waals surface area contributed by atoms with Crippen molar-refractivity contribution in [3.05, 3.63) is 11.9 Å². The van der Waals surface area contributed by atoms with Crippen molar-refractivity contribution in [2.45, 2.75) is 58.5 Å². The van der Waals surface area contributed by atoms with Crippen molar-refractivity contribution in [3.63, 3.8) is 0 Å². The van der Waals surface area contributed by atoms with Crippen LogP contribution in [0, 0.1) is 0 Å². The zero-order valence-electron chi connectivity index (χ0n) is 13.1. The van der Waals surface area contributed by atoms with Crippen molar-refractivity contribution in [2.24, 2.45) is 12.8 Å². The van der Waals surface area contributed by atoms with Crippen LogP contribution in [0.1, 0.15) is 46.2 Å². The quantitative estimate of drug-likeness (QED) is 0.777. The number of likely N-dealkylation sites (N-methyl/N-ethyl adjacent to an activating group) is 1. The maximum atomic E-state index is 6.55. The van der Waals surface area contributed by atoms with E-state index in [1.807, 2.05) is 13.2 Å². The first-order valence-electron chi connectivity index (χ1n) is 7.39.